The van der Waals surface area contributed by atoms with Crippen LogP contribution in [0.2, 0.25) is 5.02 Å². The second-order valence-electron chi connectivity index (χ2n) is 5.17. The van der Waals surface area contributed by atoms with E-state index in [1.807, 2.05) is 6.07 Å². The van der Waals surface area contributed by atoms with E-state index in [1.165, 1.54) is 11.1 Å². The molecule has 0 saturated carbocycles. The molecule has 17 heavy (non-hydrogen) atoms. The van der Waals surface area contributed by atoms with Crippen molar-refractivity contribution in [1.82, 2.24) is 4.98 Å². The number of pyridine rings is 1. The van der Waals surface area contributed by atoms with Crippen LogP contribution in [0.5, 0.6) is 0 Å². The molecule has 2 aromatic rings. The van der Waals surface area contributed by atoms with E-state index < -0.39 is 0 Å². The third-order valence-corrected chi connectivity index (χ3v) is 3.17. The summed E-state index contributed by atoms with van der Waals surface area (Å²) >= 11 is 6.36. The SMILES string of the molecule is Cc1cc(C)c2c(Cl)cc(CC(C)C)nc2c1. The van der Waals surface area contributed by atoms with Gasteiger partial charge in [-0.25, -0.2) is 0 Å². The summed E-state index contributed by atoms with van der Waals surface area (Å²) in [6.45, 7) is 8.57. The summed E-state index contributed by atoms with van der Waals surface area (Å²) < 4.78 is 0. The molecule has 0 bridgehead atoms. The fourth-order valence-electron chi connectivity index (χ4n) is 2.27. The van der Waals surface area contributed by atoms with Crippen molar-refractivity contribution in [3.63, 3.8) is 0 Å². The predicted molar refractivity (Wildman–Crippen MR) is 74.8 cm³/mol. The summed E-state index contributed by atoms with van der Waals surface area (Å²) in [7, 11) is 0. The van der Waals surface area contributed by atoms with E-state index in [9.17, 15) is 0 Å². The van der Waals surface area contributed by atoms with Gasteiger partial charge in [-0.2, -0.15) is 0 Å². The summed E-state index contributed by atoms with van der Waals surface area (Å²) in [6, 6.07) is 6.27. The highest BCUT2D eigenvalue weighted by Crippen LogP contribution is 2.28. The molecule has 1 heterocycles. The maximum atomic E-state index is 6.36. The van der Waals surface area contributed by atoms with Crippen molar-refractivity contribution in [3.8, 4) is 0 Å². The number of rotatable bonds is 2. The largest absolute Gasteiger partial charge is 0.253 e. The van der Waals surface area contributed by atoms with E-state index in [0.717, 1.165) is 28.0 Å². The standard InChI is InChI=1S/C15H18ClN/c1-9(2)5-12-8-13(16)15-11(4)6-10(3)7-14(15)17-12/h6-9H,5H2,1-4H3. The van der Waals surface area contributed by atoms with Crippen molar-refractivity contribution in [1.29, 1.82) is 0 Å². The van der Waals surface area contributed by atoms with Gasteiger partial charge in [-0.05, 0) is 49.4 Å². The van der Waals surface area contributed by atoms with Gasteiger partial charge in [0.2, 0.25) is 0 Å². The Kier molecular flexibility index (Phi) is 3.39. The summed E-state index contributed by atoms with van der Waals surface area (Å²) in [6.07, 6.45) is 0.975. The lowest BCUT2D eigenvalue weighted by molar-refractivity contribution is 0.637. The molecule has 2 heteroatoms. The van der Waals surface area contributed by atoms with Crippen LogP contribution in [0.15, 0.2) is 18.2 Å². The minimum Gasteiger partial charge on any atom is -0.253 e. The van der Waals surface area contributed by atoms with E-state index >= 15 is 0 Å². The number of aromatic nitrogens is 1. The lowest BCUT2D eigenvalue weighted by atomic mass is 10.0. The maximum Gasteiger partial charge on any atom is 0.0725 e. The Labute approximate surface area is 108 Å². The van der Waals surface area contributed by atoms with E-state index in [4.69, 9.17) is 16.6 Å². The molecule has 0 radical (unpaired) electrons. The molecule has 1 aromatic carbocycles. The van der Waals surface area contributed by atoms with Gasteiger partial charge in [0.1, 0.15) is 0 Å². The Hall–Kier alpha value is -1.08. The van der Waals surface area contributed by atoms with Crippen LogP contribution in [-0.2, 0) is 6.42 Å². The first kappa shape index (κ1) is 12.4. The zero-order chi connectivity index (χ0) is 12.6. The van der Waals surface area contributed by atoms with Crippen molar-refractivity contribution in [2.24, 2.45) is 5.92 Å². The third-order valence-electron chi connectivity index (χ3n) is 2.87. The van der Waals surface area contributed by atoms with Gasteiger partial charge in [0.05, 0.1) is 10.5 Å². The average molecular weight is 248 g/mol. The van der Waals surface area contributed by atoms with Crippen molar-refractivity contribution < 1.29 is 0 Å². The Bertz CT molecular complexity index is 558. The first-order valence-corrected chi connectivity index (χ1v) is 6.41. The molecule has 0 atom stereocenters. The van der Waals surface area contributed by atoms with E-state index in [-0.39, 0.29) is 0 Å². The van der Waals surface area contributed by atoms with Crippen LogP contribution in [0.25, 0.3) is 10.9 Å². The zero-order valence-electron chi connectivity index (χ0n) is 10.8. The second-order valence-corrected chi connectivity index (χ2v) is 5.58. The normalized spacial score (nSPS) is 11.4. The van der Waals surface area contributed by atoms with Crippen LogP contribution in [0, 0.1) is 19.8 Å². The second kappa shape index (κ2) is 4.66. The Morgan fingerprint density at radius 2 is 1.88 bits per heavy atom. The fraction of sp³-hybridized carbons (Fsp3) is 0.400. The first-order valence-electron chi connectivity index (χ1n) is 6.03. The maximum absolute atomic E-state index is 6.36. The lowest BCUT2D eigenvalue weighted by Gasteiger charge is -2.10. The number of aryl methyl sites for hydroxylation is 2. The van der Waals surface area contributed by atoms with Gasteiger partial charge in [-0.3, -0.25) is 4.98 Å². The smallest absolute Gasteiger partial charge is 0.0725 e. The molecule has 0 aliphatic heterocycles. The summed E-state index contributed by atoms with van der Waals surface area (Å²) in [4.78, 5) is 4.71. The predicted octanol–water partition coefficient (Wildman–Crippen LogP) is 4.70. The summed E-state index contributed by atoms with van der Waals surface area (Å²) in [5.41, 5.74) is 4.54. The molecular weight excluding hydrogens is 230 g/mol. The highest BCUT2D eigenvalue weighted by atomic mass is 35.5. The monoisotopic (exact) mass is 247 g/mol. The lowest BCUT2D eigenvalue weighted by Crippen LogP contribution is -1.98. The minimum absolute atomic E-state index is 0.599. The average Bonchev–Trinajstić information content (AvgIpc) is 2.13. The molecule has 90 valence electrons. The minimum atomic E-state index is 0.599. The molecular formula is C15H18ClN. The zero-order valence-corrected chi connectivity index (χ0v) is 11.6. The highest BCUT2D eigenvalue weighted by molar-refractivity contribution is 6.35. The number of hydrogen-bond donors (Lipinski definition) is 0. The van der Waals surface area contributed by atoms with Crippen LogP contribution in [-0.4, -0.2) is 4.98 Å². The number of nitrogens with zero attached hydrogens (tertiary/aromatic N) is 1. The van der Waals surface area contributed by atoms with Gasteiger partial charge < -0.3 is 0 Å². The number of halogens is 1. The Morgan fingerprint density at radius 1 is 1.18 bits per heavy atom. The summed E-state index contributed by atoms with van der Waals surface area (Å²) in [5.74, 6) is 0.599. The Morgan fingerprint density at radius 3 is 2.53 bits per heavy atom. The van der Waals surface area contributed by atoms with Crippen LogP contribution >= 0.6 is 11.6 Å². The van der Waals surface area contributed by atoms with Gasteiger partial charge >= 0.3 is 0 Å². The van der Waals surface area contributed by atoms with Gasteiger partial charge in [0.25, 0.3) is 0 Å². The first-order chi connectivity index (χ1) is 7.97. The summed E-state index contributed by atoms with van der Waals surface area (Å²) in [5, 5.41) is 1.91. The molecule has 0 unspecified atom stereocenters. The van der Waals surface area contributed by atoms with Crippen molar-refractivity contribution >= 4 is 22.5 Å². The molecule has 1 aromatic heterocycles. The molecule has 0 amide bonds. The fourth-order valence-corrected chi connectivity index (χ4v) is 2.64. The number of hydrogen-bond acceptors (Lipinski definition) is 1. The number of benzene rings is 1. The molecule has 0 aliphatic carbocycles. The quantitative estimate of drug-likeness (QED) is 0.749. The molecule has 2 rings (SSSR count). The molecule has 1 nitrogen and oxygen atoms in total. The van der Waals surface area contributed by atoms with Gasteiger partial charge in [-0.1, -0.05) is 31.5 Å². The molecule has 0 fully saturated rings. The van der Waals surface area contributed by atoms with Crippen molar-refractivity contribution in [2.45, 2.75) is 34.1 Å². The van der Waals surface area contributed by atoms with E-state index in [1.54, 1.807) is 0 Å². The van der Waals surface area contributed by atoms with Crippen molar-refractivity contribution in [3.05, 3.63) is 40.0 Å². The molecule has 0 spiro atoms. The van der Waals surface area contributed by atoms with Gasteiger partial charge in [0.15, 0.2) is 0 Å². The molecule has 0 N–H and O–H groups in total. The van der Waals surface area contributed by atoms with Crippen LogP contribution in [0.4, 0.5) is 0 Å². The number of fused-ring (bicyclic) bond motifs is 1. The van der Waals surface area contributed by atoms with Crippen LogP contribution in [0.3, 0.4) is 0 Å². The topological polar surface area (TPSA) is 12.9 Å². The van der Waals surface area contributed by atoms with E-state index in [2.05, 4.69) is 39.8 Å². The van der Waals surface area contributed by atoms with E-state index in [0.29, 0.717) is 5.92 Å². The van der Waals surface area contributed by atoms with Gasteiger partial charge in [-0.15, -0.1) is 0 Å². The molecule has 0 aliphatic rings. The van der Waals surface area contributed by atoms with Crippen LogP contribution < -0.4 is 0 Å². The van der Waals surface area contributed by atoms with Crippen LogP contribution in [0.1, 0.15) is 30.7 Å². The van der Waals surface area contributed by atoms with Gasteiger partial charge in [0, 0.05) is 11.1 Å². The Balaban J connectivity index is 2.64. The van der Waals surface area contributed by atoms with Crippen molar-refractivity contribution in [2.75, 3.05) is 0 Å². The molecule has 0 saturated heterocycles. The highest BCUT2D eigenvalue weighted by Gasteiger charge is 2.08. The third kappa shape index (κ3) is 2.61.